The Morgan fingerprint density at radius 2 is 0.846 bits per heavy atom. The third-order valence-electron chi connectivity index (χ3n) is 7.28. The number of urea groups is 1. The number of amides is 2. The molecule has 0 aromatic carbocycles. The van der Waals surface area contributed by atoms with Gasteiger partial charge in [-0.2, -0.15) is 0 Å². The van der Waals surface area contributed by atoms with Crippen molar-refractivity contribution in [3.8, 4) is 0 Å². The van der Waals surface area contributed by atoms with Crippen molar-refractivity contribution in [2.24, 2.45) is 0 Å². The van der Waals surface area contributed by atoms with Crippen LogP contribution in [-0.2, 0) is 0 Å². The Balaban J connectivity index is 1.20. The van der Waals surface area contributed by atoms with Crippen LogP contribution in [0.25, 0.3) is 0 Å². The first-order valence-corrected chi connectivity index (χ1v) is 11.3. The molecular weight excluding hydrogens is 324 g/mol. The van der Waals surface area contributed by atoms with E-state index in [0.29, 0.717) is 6.03 Å². The minimum atomic E-state index is 0.319. The van der Waals surface area contributed by atoms with Gasteiger partial charge >= 0.3 is 6.03 Å². The Hall–Kier alpha value is -0.810. The van der Waals surface area contributed by atoms with E-state index < -0.39 is 0 Å². The summed E-state index contributed by atoms with van der Waals surface area (Å²) in [5.41, 5.74) is 0. The SMILES string of the molecule is O=C(N1CCC(N2CCCCC2)CC1)N1CCC(N2CCCCC2)CC1. The van der Waals surface area contributed by atoms with Crippen LogP contribution in [-0.4, -0.2) is 90.1 Å². The molecule has 2 amide bonds. The predicted molar refractivity (Wildman–Crippen MR) is 105 cm³/mol. The normalized spacial score (nSPS) is 28.5. The van der Waals surface area contributed by atoms with Crippen LogP contribution >= 0.6 is 0 Å². The Labute approximate surface area is 159 Å². The highest BCUT2D eigenvalue weighted by Gasteiger charge is 2.32. The number of carbonyl (C=O) groups excluding carboxylic acids is 1. The molecule has 4 aliphatic heterocycles. The molecule has 148 valence electrons. The van der Waals surface area contributed by atoms with Crippen LogP contribution in [0.4, 0.5) is 4.79 Å². The second kappa shape index (κ2) is 8.92. The van der Waals surface area contributed by atoms with Gasteiger partial charge in [-0.15, -0.1) is 0 Å². The van der Waals surface area contributed by atoms with Gasteiger partial charge in [-0.3, -0.25) is 0 Å². The molecule has 5 heteroatoms. The Morgan fingerprint density at radius 3 is 1.19 bits per heavy atom. The van der Waals surface area contributed by atoms with Crippen molar-refractivity contribution >= 4 is 6.03 Å². The number of hydrogen-bond donors (Lipinski definition) is 0. The van der Waals surface area contributed by atoms with Gasteiger partial charge in [-0.25, -0.2) is 4.79 Å². The fourth-order valence-electron chi connectivity index (χ4n) is 5.61. The van der Waals surface area contributed by atoms with E-state index in [1.54, 1.807) is 0 Å². The molecule has 0 aromatic heterocycles. The maximum absolute atomic E-state index is 12.9. The summed E-state index contributed by atoms with van der Waals surface area (Å²) in [6, 6.07) is 1.77. The van der Waals surface area contributed by atoms with Crippen LogP contribution in [0.3, 0.4) is 0 Å². The monoisotopic (exact) mass is 362 g/mol. The topological polar surface area (TPSA) is 30.0 Å². The van der Waals surface area contributed by atoms with Crippen LogP contribution < -0.4 is 0 Å². The van der Waals surface area contributed by atoms with Crippen LogP contribution in [0.2, 0.25) is 0 Å². The smallest absolute Gasteiger partial charge is 0.320 e. The Kier molecular flexibility index (Phi) is 6.36. The highest BCUT2D eigenvalue weighted by Crippen LogP contribution is 2.24. The summed E-state index contributed by atoms with van der Waals surface area (Å²) in [4.78, 5) is 22.6. The molecule has 0 saturated carbocycles. The van der Waals surface area contributed by atoms with Gasteiger partial charge in [-0.1, -0.05) is 12.8 Å². The van der Waals surface area contributed by atoms with Gasteiger partial charge in [0, 0.05) is 38.3 Å². The lowest BCUT2D eigenvalue weighted by Gasteiger charge is -2.44. The quantitative estimate of drug-likeness (QED) is 0.756. The van der Waals surface area contributed by atoms with E-state index in [1.165, 1.54) is 90.4 Å². The molecule has 5 nitrogen and oxygen atoms in total. The molecule has 26 heavy (non-hydrogen) atoms. The summed E-state index contributed by atoms with van der Waals surface area (Å²) < 4.78 is 0. The maximum atomic E-state index is 12.9. The Morgan fingerprint density at radius 1 is 0.500 bits per heavy atom. The lowest BCUT2D eigenvalue weighted by atomic mass is 9.99. The predicted octanol–water partition coefficient (Wildman–Crippen LogP) is 3.01. The summed E-state index contributed by atoms with van der Waals surface area (Å²) in [6.07, 6.45) is 13.0. The third kappa shape index (κ3) is 4.36. The standard InChI is InChI=1S/C21H38N4O/c26-21(24-15-7-19(8-16-24)22-11-3-1-4-12-22)25-17-9-20(10-18-25)23-13-5-2-6-14-23/h19-20H,1-18H2. The third-order valence-corrected chi connectivity index (χ3v) is 7.28. The molecule has 4 fully saturated rings. The highest BCUT2D eigenvalue weighted by atomic mass is 16.2. The van der Waals surface area contributed by atoms with Gasteiger partial charge < -0.3 is 19.6 Å². The minimum absolute atomic E-state index is 0.319. The molecule has 4 aliphatic rings. The molecule has 0 radical (unpaired) electrons. The van der Waals surface area contributed by atoms with E-state index in [4.69, 9.17) is 0 Å². The molecule has 4 heterocycles. The first-order chi connectivity index (χ1) is 12.8. The second-order valence-corrected chi connectivity index (χ2v) is 8.91. The maximum Gasteiger partial charge on any atom is 0.320 e. The minimum Gasteiger partial charge on any atom is -0.325 e. The number of nitrogens with zero attached hydrogens (tertiary/aromatic N) is 4. The molecule has 0 atom stereocenters. The van der Waals surface area contributed by atoms with E-state index >= 15 is 0 Å². The number of likely N-dealkylation sites (tertiary alicyclic amines) is 4. The van der Waals surface area contributed by atoms with Gasteiger partial charge in [0.2, 0.25) is 0 Å². The first-order valence-electron chi connectivity index (χ1n) is 11.3. The second-order valence-electron chi connectivity index (χ2n) is 8.91. The summed E-state index contributed by atoms with van der Waals surface area (Å²) in [5, 5.41) is 0. The summed E-state index contributed by atoms with van der Waals surface area (Å²) in [7, 11) is 0. The van der Waals surface area contributed by atoms with Gasteiger partial charge in [0.05, 0.1) is 0 Å². The summed E-state index contributed by atoms with van der Waals surface area (Å²) >= 11 is 0. The zero-order valence-electron chi connectivity index (χ0n) is 16.6. The van der Waals surface area contributed by atoms with Gasteiger partial charge in [0.25, 0.3) is 0 Å². The highest BCUT2D eigenvalue weighted by molar-refractivity contribution is 5.74. The molecular formula is C21H38N4O. The number of carbonyl (C=O) groups is 1. The molecule has 0 spiro atoms. The number of piperidine rings is 4. The van der Waals surface area contributed by atoms with Crippen molar-refractivity contribution in [1.29, 1.82) is 0 Å². The largest absolute Gasteiger partial charge is 0.325 e. The molecule has 0 aromatic rings. The lowest BCUT2D eigenvalue weighted by molar-refractivity contribution is 0.0709. The van der Waals surface area contributed by atoms with Crippen molar-refractivity contribution < 1.29 is 4.79 Å². The van der Waals surface area contributed by atoms with Crippen LogP contribution in [0.1, 0.15) is 64.2 Å². The van der Waals surface area contributed by atoms with Crippen LogP contribution in [0, 0.1) is 0 Å². The van der Waals surface area contributed by atoms with Gasteiger partial charge in [0.15, 0.2) is 0 Å². The van der Waals surface area contributed by atoms with Crippen molar-refractivity contribution in [1.82, 2.24) is 19.6 Å². The lowest BCUT2D eigenvalue weighted by Crippen LogP contribution is -2.54. The van der Waals surface area contributed by atoms with E-state index in [9.17, 15) is 4.79 Å². The molecule has 4 rings (SSSR count). The van der Waals surface area contributed by atoms with Crippen molar-refractivity contribution in [3.05, 3.63) is 0 Å². The van der Waals surface area contributed by atoms with Crippen molar-refractivity contribution in [2.45, 2.75) is 76.3 Å². The van der Waals surface area contributed by atoms with Crippen molar-refractivity contribution in [3.63, 3.8) is 0 Å². The Bertz CT molecular complexity index is 403. The average molecular weight is 363 g/mol. The number of hydrogen-bond acceptors (Lipinski definition) is 3. The fourth-order valence-corrected chi connectivity index (χ4v) is 5.61. The average Bonchev–Trinajstić information content (AvgIpc) is 2.75. The summed E-state index contributed by atoms with van der Waals surface area (Å²) in [6.45, 7) is 8.98. The van der Waals surface area contributed by atoms with Gasteiger partial charge in [-0.05, 0) is 77.5 Å². The van der Waals surface area contributed by atoms with Gasteiger partial charge in [0.1, 0.15) is 0 Å². The first kappa shape index (κ1) is 18.5. The molecule has 4 saturated heterocycles. The fraction of sp³-hybridized carbons (Fsp3) is 0.952. The molecule has 0 aliphatic carbocycles. The molecule has 0 N–H and O–H groups in total. The number of rotatable bonds is 2. The zero-order valence-corrected chi connectivity index (χ0v) is 16.6. The van der Waals surface area contributed by atoms with E-state index in [-0.39, 0.29) is 0 Å². The van der Waals surface area contributed by atoms with E-state index in [2.05, 4.69) is 19.6 Å². The zero-order chi connectivity index (χ0) is 17.8. The molecule has 0 unspecified atom stereocenters. The van der Waals surface area contributed by atoms with Crippen molar-refractivity contribution in [2.75, 3.05) is 52.4 Å². The van der Waals surface area contributed by atoms with Crippen LogP contribution in [0.5, 0.6) is 0 Å². The van der Waals surface area contributed by atoms with E-state index in [0.717, 1.165) is 38.3 Å². The van der Waals surface area contributed by atoms with Crippen LogP contribution in [0.15, 0.2) is 0 Å². The molecule has 0 bridgehead atoms. The summed E-state index contributed by atoms with van der Waals surface area (Å²) in [5.74, 6) is 0. The van der Waals surface area contributed by atoms with E-state index in [1.807, 2.05) is 0 Å².